The molecule has 0 bridgehead atoms. The number of halogens is 1. The van der Waals surface area contributed by atoms with E-state index in [1.807, 2.05) is 12.1 Å². The third-order valence-electron chi connectivity index (χ3n) is 3.01. The fourth-order valence-corrected chi connectivity index (χ4v) is 2.42. The minimum absolute atomic E-state index is 0.691. The highest BCUT2D eigenvalue weighted by molar-refractivity contribution is 6.32. The third kappa shape index (κ3) is 1.56. The molecule has 1 aromatic heterocycles. The first-order valence-corrected chi connectivity index (χ1v) is 5.82. The molecule has 0 aliphatic rings. The lowest BCUT2D eigenvalue weighted by Gasteiger charge is -2.02. The summed E-state index contributed by atoms with van der Waals surface area (Å²) in [6.07, 6.45) is 0. The Labute approximate surface area is 104 Å². The lowest BCUT2D eigenvalue weighted by Crippen LogP contribution is -1.84. The molecule has 3 rings (SSSR count). The average Bonchev–Trinajstić information content (AvgIpc) is 2.66. The molecule has 0 spiro atoms. The summed E-state index contributed by atoms with van der Waals surface area (Å²) in [5.74, 6) is 0.779. The summed E-state index contributed by atoms with van der Waals surface area (Å²) in [4.78, 5) is 3.37. The first-order valence-electron chi connectivity index (χ1n) is 5.44. The van der Waals surface area contributed by atoms with E-state index < -0.39 is 0 Å². The van der Waals surface area contributed by atoms with E-state index in [2.05, 4.69) is 30.1 Å². The van der Waals surface area contributed by atoms with Gasteiger partial charge in [-0.1, -0.05) is 23.2 Å². The number of hydrogen-bond acceptors (Lipinski definition) is 1. The van der Waals surface area contributed by atoms with Crippen LogP contribution in [0.2, 0.25) is 5.02 Å². The number of aromatic amines is 1. The summed E-state index contributed by atoms with van der Waals surface area (Å²) in [7, 11) is 1.65. The molecule has 0 unspecified atom stereocenters. The lowest BCUT2D eigenvalue weighted by molar-refractivity contribution is 0.419. The molecule has 1 heterocycles. The van der Waals surface area contributed by atoms with Crippen molar-refractivity contribution in [3.63, 3.8) is 0 Å². The Balaban J connectivity index is 2.52. The fraction of sp³-hybridized carbons (Fsp3) is 0.143. The Kier molecular flexibility index (Phi) is 2.26. The van der Waals surface area contributed by atoms with E-state index in [1.54, 1.807) is 7.11 Å². The van der Waals surface area contributed by atoms with Gasteiger partial charge in [0.2, 0.25) is 0 Å². The van der Waals surface area contributed by atoms with Crippen LogP contribution in [0, 0.1) is 6.92 Å². The predicted molar refractivity (Wildman–Crippen MR) is 72.1 cm³/mol. The van der Waals surface area contributed by atoms with Crippen LogP contribution in [0.5, 0.6) is 5.75 Å². The van der Waals surface area contributed by atoms with Crippen LogP contribution in [0.15, 0.2) is 30.3 Å². The van der Waals surface area contributed by atoms with Crippen molar-refractivity contribution in [2.45, 2.75) is 6.92 Å². The quantitative estimate of drug-likeness (QED) is 0.680. The molecule has 2 nitrogen and oxygen atoms in total. The first kappa shape index (κ1) is 10.5. The van der Waals surface area contributed by atoms with Crippen molar-refractivity contribution in [1.82, 2.24) is 4.98 Å². The highest BCUT2D eigenvalue weighted by Gasteiger charge is 2.10. The summed E-state index contributed by atoms with van der Waals surface area (Å²) in [6.45, 7) is 2.08. The van der Waals surface area contributed by atoms with Gasteiger partial charge in [0.1, 0.15) is 5.75 Å². The molecule has 1 N–H and O–H groups in total. The maximum absolute atomic E-state index is 6.11. The summed E-state index contributed by atoms with van der Waals surface area (Å²) in [5.41, 5.74) is 3.33. The van der Waals surface area contributed by atoms with Crippen LogP contribution in [0.3, 0.4) is 0 Å². The number of aromatic nitrogens is 1. The minimum Gasteiger partial charge on any atom is -0.495 e. The molecule has 0 radical (unpaired) electrons. The van der Waals surface area contributed by atoms with E-state index in [-0.39, 0.29) is 0 Å². The van der Waals surface area contributed by atoms with Crippen LogP contribution in [-0.2, 0) is 0 Å². The number of ether oxygens (including phenoxy) is 1. The van der Waals surface area contributed by atoms with Crippen molar-refractivity contribution < 1.29 is 4.74 Å². The molecule has 0 fully saturated rings. The zero-order valence-corrected chi connectivity index (χ0v) is 10.4. The molecule has 0 atom stereocenters. The van der Waals surface area contributed by atoms with Gasteiger partial charge in [-0.2, -0.15) is 0 Å². The summed E-state index contributed by atoms with van der Waals surface area (Å²) in [5, 5.41) is 2.98. The highest BCUT2D eigenvalue weighted by Crippen LogP contribution is 2.34. The van der Waals surface area contributed by atoms with Crippen LogP contribution in [0.1, 0.15) is 5.56 Å². The van der Waals surface area contributed by atoms with E-state index in [0.717, 1.165) is 22.2 Å². The normalized spacial score (nSPS) is 11.2. The minimum atomic E-state index is 0.691. The van der Waals surface area contributed by atoms with Gasteiger partial charge in [0.05, 0.1) is 12.6 Å². The molecule has 3 aromatic rings. The zero-order chi connectivity index (χ0) is 12.0. The van der Waals surface area contributed by atoms with E-state index in [4.69, 9.17) is 16.3 Å². The van der Waals surface area contributed by atoms with Crippen LogP contribution >= 0.6 is 11.6 Å². The van der Waals surface area contributed by atoms with Crippen LogP contribution in [0.25, 0.3) is 21.8 Å². The molecule has 0 amide bonds. The second kappa shape index (κ2) is 3.67. The molecule has 0 saturated heterocycles. The van der Waals surface area contributed by atoms with E-state index in [9.17, 15) is 0 Å². The standard InChI is InChI=1S/C14H12ClNO/c1-8-3-4-12-10(5-8)11-6-9(15)7-13(17-2)14(11)16-12/h3-7,16H,1-2H3. The summed E-state index contributed by atoms with van der Waals surface area (Å²) >= 11 is 6.11. The maximum atomic E-state index is 6.11. The number of methoxy groups -OCH3 is 1. The zero-order valence-electron chi connectivity index (χ0n) is 9.67. The molecule has 0 aliphatic heterocycles. The smallest absolute Gasteiger partial charge is 0.144 e. The van der Waals surface area contributed by atoms with E-state index in [0.29, 0.717) is 5.02 Å². The Morgan fingerprint density at radius 3 is 2.71 bits per heavy atom. The fourth-order valence-electron chi connectivity index (χ4n) is 2.21. The van der Waals surface area contributed by atoms with Gasteiger partial charge in [-0.3, -0.25) is 0 Å². The maximum Gasteiger partial charge on any atom is 0.144 e. The monoisotopic (exact) mass is 245 g/mol. The Morgan fingerprint density at radius 2 is 1.94 bits per heavy atom. The molecule has 0 aliphatic carbocycles. The largest absolute Gasteiger partial charge is 0.495 e. The van der Waals surface area contributed by atoms with Gasteiger partial charge in [-0.25, -0.2) is 0 Å². The van der Waals surface area contributed by atoms with Crippen molar-refractivity contribution in [3.8, 4) is 5.75 Å². The van der Waals surface area contributed by atoms with Gasteiger partial charge in [-0.15, -0.1) is 0 Å². The number of hydrogen-bond donors (Lipinski definition) is 1. The average molecular weight is 246 g/mol. The van der Waals surface area contributed by atoms with Gasteiger partial charge in [0.15, 0.2) is 0 Å². The van der Waals surface area contributed by atoms with Crippen LogP contribution in [-0.4, -0.2) is 12.1 Å². The highest BCUT2D eigenvalue weighted by atomic mass is 35.5. The molecule has 17 heavy (non-hydrogen) atoms. The number of fused-ring (bicyclic) bond motifs is 3. The summed E-state index contributed by atoms with van der Waals surface area (Å²) in [6, 6.07) is 10.1. The van der Waals surface area contributed by atoms with Gasteiger partial charge in [0.25, 0.3) is 0 Å². The van der Waals surface area contributed by atoms with Crippen molar-refractivity contribution in [2.75, 3.05) is 7.11 Å². The number of H-pyrrole nitrogens is 1. The topological polar surface area (TPSA) is 25.0 Å². The number of rotatable bonds is 1. The number of benzene rings is 2. The number of nitrogens with one attached hydrogen (secondary N) is 1. The molecule has 0 saturated carbocycles. The predicted octanol–water partition coefficient (Wildman–Crippen LogP) is 4.29. The molecular formula is C14H12ClNO. The Hall–Kier alpha value is -1.67. The lowest BCUT2D eigenvalue weighted by atomic mass is 10.1. The second-order valence-corrected chi connectivity index (χ2v) is 4.64. The van der Waals surface area contributed by atoms with Gasteiger partial charge in [0, 0.05) is 27.4 Å². The molecule has 3 heteroatoms. The Bertz CT molecular complexity index is 715. The second-order valence-electron chi connectivity index (χ2n) is 4.20. The van der Waals surface area contributed by atoms with Crippen LogP contribution < -0.4 is 4.74 Å². The first-order chi connectivity index (χ1) is 8.19. The number of aryl methyl sites for hydroxylation is 1. The molecular weight excluding hydrogens is 234 g/mol. The SMILES string of the molecule is COc1cc(Cl)cc2c1[nH]c1ccc(C)cc12. The summed E-state index contributed by atoms with van der Waals surface area (Å²) < 4.78 is 5.35. The van der Waals surface area contributed by atoms with Crippen molar-refractivity contribution >= 4 is 33.4 Å². The van der Waals surface area contributed by atoms with Gasteiger partial charge < -0.3 is 9.72 Å². The van der Waals surface area contributed by atoms with Crippen molar-refractivity contribution in [1.29, 1.82) is 0 Å². The van der Waals surface area contributed by atoms with Crippen molar-refractivity contribution in [3.05, 3.63) is 40.9 Å². The molecule has 86 valence electrons. The van der Waals surface area contributed by atoms with Crippen molar-refractivity contribution in [2.24, 2.45) is 0 Å². The Morgan fingerprint density at radius 1 is 1.12 bits per heavy atom. The van der Waals surface area contributed by atoms with E-state index in [1.165, 1.54) is 10.9 Å². The van der Waals surface area contributed by atoms with E-state index >= 15 is 0 Å². The van der Waals surface area contributed by atoms with Gasteiger partial charge >= 0.3 is 0 Å². The van der Waals surface area contributed by atoms with Crippen LogP contribution in [0.4, 0.5) is 0 Å². The molecule has 2 aromatic carbocycles. The third-order valence-corrected chi connectivity index (χ3v) is 3.23. The van der Waals surface area contributed by atoms with Gasteiger partial charge in [-0.05, 0) is 25.1 Å².